The Morgan fingerprint density at radius 1 is 1.21 bits per heavy atom. The molecule has 0 saturated carbocycles. The minimum atomic E-state index is -3.27. The second-order valence-corrected chi connectivity index (χ2v) is 5.26. The highest BCUT2D eigenvalue weighted by molar-refractivity contribution is 7.89. The van der Waals surface area contributed by atoms with Crippen LogP contribution in [0, 0.1) is 0 Å². The van der Waals surface area contributed by atoms with Crippen molar-refractivity contribution in [2.24, 2.45) is 5.14 Å². The van der Waals surface area contributed by atoms with E-state index in [-0.39, 0.29) is 5.75 Å². The highest BCUT2D eigenvalue weighted by Gasteiger charge is 2.09. The van der Waals surface area contributed by atoms with Crippen molar-refractivity contribution in [3.63, 3.8) is 0 Å². The molecule has 2 N–H and O–H groups in total. The van der Waals surface area contributed by atoms with E-state index in [0.29, 0.717) is 6.42 Å². The molecule has 0 amide bonds. The number of ether oxygens (including phenoxy) is 1. The summed E-state index contributed by atoms with van der Waals surface area (Å²) in [4.78, 5) is 2.28. The van der Waals surface area contributed by atoms with Gasteiger partial charge in [-0.3, -0.25) is 4.90 Å². The van der Waals surface area contributed by atoms with E-state index >= 15 is 0 Å². The van der Waals surface area contributed by atoms with Crippen LogP contribution in [0.25, 0.3) is 0 Å². The first-order valence-corrected chi connectivity index (χ1v) is 6.60. The van der Waals surface area contributed by atoms with Crippen LogP contribution in [0.2, 0.25) is 0 Å². The lowest BCUT2D eigenvalue weighted by atomic mass is 10.3. The lowest BCUT2D eigenvalue weighted by Gasteiger charge is -2.26. The summed E-state index contributed by atoms with van der Waals surface area (Å²) < 4.78 is 26.5. The van der Waals surface area contributed by atoms with E-state index in [1.165, 1.54) is 0 Å². The van der Waals surface area contributed by atoms with Crippen molar-refractivity contribution in [2.45, 2.75) is 12.8 Å². The molecule has 0 unspecified atom stereocenters. The summed E-state index contributed by atoms with van der Waals surface area (Å²) in [7, 11) is -3.27. The average molecular weight is 222 g/mol. The summed E-state index contributed by atoms with van der Waals surface area (Å²) in [6.45, 7) is 4.42. The van der Waals surface area contributed by atoms with Gasteiger partial charge in [0.15, 0.2) is 0 Å². The Hall–Kier alpha value is -0.170. The lowest BCUT2D eigenvalue weighted by molar-refractivity contribution is 0.0373. The van der Waals surface area contributed by atoms with Crippen molar-refractivity contribution in [3.8, 4) is 0 Å². The Labute approximate surface area is 85.3 Å². The monoisotopic (exact) mass is 222 g/mol. The largest absolute Gasteiger partial charge is 0.379 e. The number of hydrogen-bond donors (Lipinski definition) is 1. The summed E-state index contributed by atoms with van der Waals surface area (Å²) in [5.74, 6) is 0.0946. The Morgan fingerprint density at radius 3 is 2.43 bits per heavy atom. The van der Waals surface area contributed by atoms with Gasteiger partial charge in [-0.05, 0) is 19.4 Å². The topological polar surface area (TPSA) is 72.6 Å². The molecular weight excluding hydrogens is 204 g/mol. The predicted octanol–water partition coefficient (Wildman–Crippen LogP) is -0.613. The first kappa shape index (κ1) is 11.9. The molecule has 0 aromatic carbocycles. The molecular formula is C8H18N2O3S. The minimum absolute atomic E-state index is 0.0946. The van der Waals surface area contributed by atoms with Crippen LogP contribution in [0.15, 0.2) is 0 Å². The van der Waals surface area contributed by atoms with E-state index in [4.69, 9.17) is 9.88 Å². The molecule has 1 aliphatic heterocycles. The number of morpholine rings is 1. The number of hydrogen-bond acceptors (Lipinski definition) is 4. The zero-order valence-corrected chi connectivity index (χ0v) is 9.13. The van der Waals surface area contributed by atoms with E-state index in [0.717, 1.165) is 39.3 Å². The van der Waals surface area contributed by atoms with Crippen LogP contribution >= 0.6 is 0 Å². The van der Waals surface area contributed by atoms with Crippen molar-refractivity contribution < 1.29 is 13.2 Å². The van der Waals surface area contributed by atoms with Crippen LogP contribution < -0.4 is 5.14 Å². The molecule has 5 nitrogen and oxygen atoms in total. The maximum absolute atomic E-state index is 10.6. The fraction of sp³-hybridized carbons (Fsp3) is 1.00. The fourth-order valence-electron chi connectivity index (χ4n) is 1.46. The lowest BCUT2D eigenvalue weighted by Crippen LogP contribution is -2.37. The van der Waals surface area contributed by atoms with E-state index in [1.54, 1.807) is 0 Å². The molecule has 1 rings (SSSR count). The van der Waals surface area contributed by atoms with Gasteiger partial charge in [-0.1, -0.05) is 0 Å². The molecule has 0 aromatic heterocycles. The second-order valence-electron chi connectivity index (χ2n) is 3.53. The number of primary sulfonamides is 1. The predicted molar refractivity (Wildman–Crippen MR) is 54.5 cm³/mol. The van der Waals surface area contributed by atoms with Gasteiger partial charge in [0.1, 0.15) is 0 Å². The third-order valence-corrected chi connectivity index (χ3v) is 3.11. The van der Waals surface area contributed by atoms with Crippen molar-refractivity contribution in [3.05, 3.63) is 0 Å². The van der Waals surface area contributed by atoms with E-state index in [2.05, 4.69) is 4.90 Å². The van der Waals surface area contributed by atoms with Crippen LogP contribution in [0.5, 0.6) is 0 Å². The Kier molecular flexibility index (Phi) is 4.80. The van der Waals surface area contributed by atoms with E-state index in [9.17, 15) is 8.42 Å². The molecule has 1 fully saturated rings. The van der Waals surface area contributed by atoms with Gasteiger partial charge in [-0.2, -0.15) is 0 Å². The van der Waals surface area contributed by atoms with Crippen LogP contribution in [-0.4, -0.2) is 51.9 Å². The molecule has 1 heterocycles. The van der Waals surface area contributed by atoms with Crippen molar-refractivity contribution in [1.29, 1.82) is 0 Å². The van der Waals surface area contributed by atoms with Gasteiger partial charge in [0.2, 0.25) is 10.0 Å². The molecule has 1 saturated heterocycles. The Bertz CT molecular complexity index is 247. The molecule has 0 atom stereocenters. The number of unbranched alkanes of at least 4 members (excludes halogenated alkanes) is 1. The van der Waals surface area contributed by atoms with Gasteiger partial charge in [0.25, 0.3) is 0 Å². The number of rotatable bonds is 5. The molecule has 14 heavy (non-hydrogen) atoms. The van der Waals surface area contributed by atoms with Gasteiger partial charge < -0.3 is 4.74 Å². The molecule has 0 radical (unpaired) electrons. The number of sulfonamides is 1. The van der Waals surface area contributed by atoms with Crippen LogP contribution in [0.3, 0.4) is 0 Å². The quantitative estimate of drug-likeness (QED) is 0.630. The first-order valence-electron chi connectivity index (χ1n) is 4.88. The maximum atomic E-state index is 10.6. The Morgan fingerprint density at radius 2 is 1.86 bits per heavy atom. The maximum Gasteiger partial charge on any atom is 0.209 e. The highest BCUT2D eigenvalue weighted by Crippen LogP contribution is 2.00. The van der Waals surface area contributed by atoms with Gasteiger partial charge >= 0.3 is 0 Å². The summed E-state index contributed by atoms with van der Waals surface area (Å²) in [5.41, 5.74) is 0. The molecule has 0 aliphatic carbocycles. The van der Waals surface area contributed by atoms with Crippen LogP contribution in [0.1, 0.15) is 12.8 Å². The molecule has 0 aromatic rings. The van der Waals surface area contributed by atoms with Crippen molar-refractivity contribution >= 4 is 10.0 Å². The SMILES string of the molecule is NS(=O)(=O)CCCCN1CCOCC1. The summed E-state index contributed by atoms with van der Waals surface area (Å²) in [5, 5.41) is 4.89. The molecule has 84 valence electrons. The third kappa shape index (κ3) is 5.54. The molecule has 1 aliphatic rings. The summed E-state index contributed by atoms with van der Waals surface area (Å²) >= 11 is 0. The fourth-order valence-corrected chi connectivity index (χ4v) is 2.07. The van der Waals surface area contributed by atoms with Crippen molar-refractivity contribution in [2.75, 3.05) is 38.6 Å². The zero-order valence-electron chi connectivity index (χ0n) is 8.31. The zero-order chi connectivity index (χ0) is 10.4. The van der Waals surface area contributed by atoms with E-state index in [1.807, 2.05) is 0 Å². The average Bonchev–Trinajstić information content (AvgIpc) is 2.13. The Balaban J connectivity index is 2.03. The second kappa shape index (κ2) is 5.65. The summed E-state index contributed by atoms with van der Waals surface area (Å²) in [6, 6.07) is 0. The standard InChI is InChI=1S/C8H18N2O3S/c9-14(11,12)8-2-1-3-10-4-6-13-7-5-10/h1-8H2,(H2,9,11,12). The van der Waals surface area contributed by atoms with Crippen LogP contribution in [-0.2, 0) is 14.8 Å². The molecule has 0 spiro atoms. The van der Waals surface area contributed by atoms with Gasteiger partial charge in [-0.25, -0.2) is 13.6 Å². The number of nitrogens with zero attached hydrogens (tertiary/aromatic N) is 1. The highest BCUT2D eigenvalue weighted by atomic mass is 32.2. The van der Waals surface area contributed by atoms with Crippen LogP contribution in [0.4, 0.5) is 0 Å². The minimum Gasteiger partial charge on any atom is -0.379 e. The number of nitrogens with two attached hydrogens (primary N) is 1. The molecule has 0 bridgehead atoms. The van der Waals surface area contributed by atoms with Gasteiger partial charge in [0, 0.05) is 13.1 Å². The third-order valence-electron chi connectivity index (χ3n) is 2.26. The van der Waals surface area contributed by atoms with Gasteiger partial charge in [-0.15, -0.1) is 0 Å². The molecule has 6 heteroatoms. The van der Waals surface area contributed by atoms with Crippen molar-refractivity contribution in [1.82, 2.24) is 4.90 Å². The van der Waals surface area contributed by atoms with E-state index < -0.39 is 10.0 Å². The summed E-state index contributed by atoms with van der Waals surface area (Å²) in [6.07, 6.45) is 1.53. The normalized spacial score (nSPS) is 19.8. The van der Waals surface area contributed by atoms with Gasteiger partial charge in [0.05, 0.1) is 19.0 Å². The smallest absolute Gasteiger partial charge is 0.209 e. The first-order chi connectivity index (χ1) is 6.58.